The molecule has 2 amide bonds. The van der Waals surface area contributed by atoms with E-state index in [1.165, 1.54) is 0 Å². The highest BCUT2D eigenvalue weighted by molar-refractivity contribution is 5.88. The number of nitrogens with zero attached hydrogens (tertiary/aromatic N) is 1. The number of nitrogens with one attached hydrogen (secondary N) is 1. The van der Waals surface area contributed by atoms with Gasteiger partial charge in [-0.2, -0.15) is 0 Å². The minimum atomic E-state index is -1.18. The number of ether oxygens (including phenoxy) is 1. The zero-order valence-electron chi connectivity index (χ0n) is 18.3. The van der Waals surface area contributed by atoms with Crippen LogP contribution < -0.4 is 5.32 Å². The second-order valence-electron chi connectivity index (χ2n) is 8.58. The maximum Gasteiger partial charge on any atom is 0.407 e. The fourth-order valence-electron chi connectivity index (χ4n) is 4.46. The van der Waals surface area contributed by atoms with Crippen LogP contribution in [0, 0.1) is 5.92 Å². The van der Waals surface area contributed by atoms with Gasteiger partial charge < -0.3 is 25.2 Å². The van der Waals surface area contributed by atoms with Crippen LogP contribution in [0.25, 0.3) is 11.1 Å². The molecule has 2 aliphatic carbocycles. The average Bonchev–Trinajstić information content (AvgIpc) is 3.57. The molecule has 0 spiro atoms. The molecule has 0 saturated heterocycles. The third-order valence-electron chi connectivity index (χ3n) is 6.21. The highest BCUT2D eigenvalue weighted by atomic mass is 16.5. The Bertz CT molecular complexity index is 990. The second-order valence-corrected chi connectivity index (χ2v) is 8.58. The zero-order chi connectivity index (χ0) is 23.4. The predicted octanol–water partition coefficient (Wildman–Crippen LogP) is 2.60. The van der Waals surface area contributed by atoms with Crippen molar-refractivity contribution in [3.05, 3.63) is 59.7 Å². The van der Waals surface area contributed by atoms with E-state index in [2.05, 4.69) is 17.4 Å². The zero-order valence-corrected chi connectivity index (χ0v) is 18.3. The van der Waals surface area contributed by atoms with Crippen molar-refractivity contribution >= 4 is 18.0 Å². The molecule has 8 heteroatoms. The van der Waals surface area contributed by atoms with Gasteiger partial charge in [-0.15, -0.1) is 0 Å². The van der Waals surface area contributed by atoms with E-state index in [0.717, 1.165) is 40.0 Å². The van der Waals surface area contributed by atoms with Gasteiger partial charge in [-0.1, -0.05) is 61.4 Å². The Balaban J connectivity index is 1.43. The average molecular weight is 453 g/mol. The minimum Gasteiger partial charge on any atom is -0.480 e. The monoisotopic (exact) mass is 452 g/mol. The van der Waals surface area contributed by atoms with E-state index in [-0.39, 0.29) is 25.7 Å². The second kappa shape index (κ2) is 10.0. The summed E-state index contributed by atoms with van der Waals surface area (Å²) in [7, 11) is 0. The van der Waals surface area contributed by atoms with Crippen molar-refractivity contribution in [2.45, 2.75) is 31.2 Å². The molecule has 1 saturated carbocycles. The molecule has 2 aromatic carbocycles. The Kier molecular flexibility index (Phi) is 6.93. The van der Waals surface area contributed by atoms with Gasteiger partial charge in [-0.25, -0.2) is 4.79 Å². The van der Waals surface area contributed by atoms with Gasteiger partial charge in [0.05, 0.1) is 6.61 Å². The molecule has 174 valence electrons. The number of carboxylic acids is 1. The number of alkyl carbamates (subject to hydrolysis) is 1. The fraction of sp³-hybridized carbons (Fsp3) is 0.400. The van der Waals surface area contributed by atoms with Crippen LogP contribution in [0.4, 0.5) is 4.79 Å². The van der Waals surface area contributed by atoms with Crippen LogP contribution in [-0.4, -0.2) is 65.4 Å². The fourth-order valence-corrected chi connectivity index (χ4v) is 4.46. The largest absolute Gasteiger partial charge is 0.480 e. The Hall–Kier alpha value is -3.39. The SMILES string of the molecule is O=C(O)CN(CCO)C(=O)[C@H](CC1CC1)NC(=O)OCC1c2ccccc2-c2ccccc21. The summed E-state index contributed by atoms with van der Waals surface area (Å²) in [6.07, 6.45) is 1.64. The highest BCUT2D eigenvalue weighted by Gasteiger charge is 2.34. The van der Waals surface area contributed by atoms with Crippen molar-refractivity contribution in [1.82, 2.24) is 10.2 Å². The third-order valence-corrected chi connectivity index (χ3v) is 6.21. The van der Waals surface area contributed by atoms with Crippen molar-refractivity contribution in [3.63, 3.8) is 0 Å². The molecule has 8 nitrogen and oxygen atoms in total. The van der Waals surface area contributed by atoms with E-state index in [4.69, 9.17) is 9.84 Å². The highest BCUT2D eigenvalue weighted by Crippen LogP contribution is 2.44. The first kappa shape index (κ1) is 22.8. The number of rotatable bonds is 10. The first-order chi connectivity index (χ1) is 16.0. The van der Waals surface area contributed by atoms with Crippen LogP contribution in [0.2, 0.25) is 0 Å². The number of hydrogen-bond acceptors (Lipinski definition) is 5. The van der Waals surface area contributed by atoms with E-state index in [0.29, 0.717) is 12.3 Å². The van der Waals surface area contributed by atoms with Gasteiger partial charge in [0.1, 0.15) is 19.2 Å². The molecule has 0 bridgehead atoms. The summed E-state index contributed by atoms with van der Waals surface area (Å²) in [6.45, 7) is -0.884. The first-order valence-electron chi connectivity index (χ1n) is 11.2. The van der Waals surface area contributed by atoms with Gasteiger partial charge in [0.2, 0.25) is 5.91 Å². The van der Waals surface area contributed by atoms with E-state index < -0.39 is 30.6 Å². The van der Waals surface area contributed by atoms with Crippen LogP contribution >= 0.6 is 0 Å². The van der Waals surface area contributed by atoms with Gasteiger partial charge in [0, 0.05) is 12.5 Å². The molecule has 0 unspecified atom stereocenters. The lowest BCUT2D eigenvalue weighted by atomic mass is 9.98. The molecule has 33 heavy (non-hydrogen) atoms. The molecule has 0 aromatic heterocycles. The number of hydrogen-bond donors (Lipinski definition) is 3. The van der Waals surface area contributed by atoms with Gasteiger partial charge in [0.25, 0.3) is 0 Å². The van der Waals surface area contributed by atoms with Crippen molar-refractivity contribution in [2.24, 2.45) is 5.92 Å². The van der Waals surface area contributed by atoms with Crippen LogP contribution in [-0.2, 0) is 14.3 Å². The Morgan fingerprint density at radius 2 is 1.64 bits per heavy atom. The maximum atomic E-state index is 12.9. The minimum absolute atomic E-state index is 0.0985. The molecule has 4 rings (SSSR count). The Morgan fingerprint density at radius 3 is 2.18 bits per heavy atom. The van der Waals surface area contributed by atoms with Crippen molar-refractivity contribution in [3.8, 4) is 11.1 Å². The molecule has 3 N–H and O–H groups in total. The van der Waals surface area contributed by atoms with Gasteiger partial charge in [-0.05, 0) is 34.6 Å². The smallest absolute Gasteiger partial charge is 0.407 e. The van der Waals surface area contributed by atoms with Crippen LogP contribution in [0.3, 0.4) is 0 Å². The molecule has 1 atom stereocenters. The normalized spacial score (nSPS) is 15.3. The van der Waals surface area contributed by atoms with Gasteiger partial charge in [-0.3, -0.25) is 9.59 Å². The maximum absolute atomic E-state index is 12.9. The number of amides is 2. The van der Waals surface area contributed by atoms with Gasteiger partial charge >= 0.3 is 12.1 Å². The molecule has 1 fully saturated rings. The number of aliphatic carboxylic acids is 1. The standard InChI is InChI=1S/C25H28N2O6/c28-12-11-27(14-23(29)30)24(31)22(13-16-9-10-16)26-25(32)33-15-21-19-7-3-1-5-17(19)18-6-2-4-8-20(18)21/h1-8,16,21-22,28H,9-15H2,(H,26,32)(H,29,30)/t22-/m0/s1. The van der Waals surface area contributed by atoms with Gasteiger partial charge in [0.15, 0.2) is 0 Å². The number of benzene rings is 2. The number of carbonyl (C=O) groups is 3. The summed E-state index contributed by atoms with van der Waals surface area (Å²) in [5, 5.41) is 21.0. The lowest BCUT2D eigenvalue weighted by Gasteiger charge is -2.26. The topological polar surface area (TPSA) is 116 Å². The van der Waals surface area contributed by atoms with Crippen LogP contribution in [0.1, 0.15) is 36.3 Å². The van der Waals surface area contributed by atoms with E-state index in [1.807, 2.05) is 36.4 Å². The number of aliphatic hydroxyl groups is 1. The number of fused-ring (bicyclic) bond motifs is 3. The molecule has 0 heterocycles. The van der Waals surface area contributed by atoms with Crippen molar-refractivity contribution < 1.29 is 29.3 Å². The van der Waals surface area contributed by atoms with Crippen LogP contribution in [0.15, 0.2) is 48.5 Å². The molecular weight excluding hydrogens is 424 g/mol. The number of carbonyl (C=O) groups excluding carboxylic acids is 2. The number of carboxylic acid groups (broad SMARTS) is 1. The van der Waals surface area contributed by atoms with E-state index >= 15 is 0 Å². The van der Waals surface area contributed by atoms with E-state index in [9.17, 15) is 19.5 Å². The summed E-state index contributed by atoms with van der Waals surface area (Å²) in [4.78, 5) is 37.8. The summed E-state index contributed by atoms with van der Waals surface area (Å²) in [5.74, 6) is -1.48. The van der Waals surface area contributed by atoms with Crippen LogP contribution in [0.5, 0.6) is 0 Å². The Labute approximate surface area is 192 Å². The lowest BCUT2D eigenvalue weighted by molar-refractivity contribution is -0.145. The Morgan fingerprint density at radius 1 is 1.03 bits per heavy atom. The molecule has 2 aromatic rings. The third kappa shape index (κ3) is 5.34. The molecule has 0 radical (unpaired) electrons. The summed E-state index contributed by atoms with van der Waals surface area (Å²) >= 11 is 0. The first-order valence-corrected chi connectivity index (χ1v) is 11.2. The quantitative estimate of drug-likeness (QED) is 0.510. The molecule has 0 aliphatic heterocycles. The summed E-state index contributed by atoms with van der Waals surface area (Å²) < 4.78 is 5.56. The van der Waals surface area contributed by atoms with E-state index in [1.54, 1.807) is 0 Å². The molecular formula is C25H28N2O6. The predicted molar refractivity (Wildman–Crippen MR) is 121 cm³/mol. The summed E-state index contributed by atoms with van der Waals surface area (Å²) in [6, 6.07) is 15.1. The lowest BCUT2D eigenvalue weighted by Crippen LogP contribution is -2.51. The molecule has 2 aliphatic rings. The summed E-state index contributed by atoms with van der Waals surface area (Å²) in [5.41, 5.74) is 4.43. The number of aliphatic hydroxyl groups excluding tert-OH is 1. The van der Waals surface area contributed by atoms with Crippen molar-refractivity contribution in [2.75, 3.05) is 26.3 Å². The van der Waals surface area contributed by atoms with Crippen molar-refractivity contribution in [1.29, 1.82) is 0 Å².